The van der Waals surface area contributed by atoms with Gasteiger partial charge in [0, 0.05) is 41.1 Å². The number of carbonyl (C=O) groups is 2. The van der Waals surface area contributed by atoms with Gasteiger partial charge in [-0.25, -0.2) is 4.98 Å². The average Bonchev–Trinajstić information content (AvgIpc) is 3.15. The summed E-state index contributed by atoms with van der Waals surface area (Å²) >= 11 is 1.57. The first-order valence-electron chi connectivity index (χ1n) is 9.75. The quantitative estimate of drug-likeness (QED) is 0.774. The number of aryl methyl sites for hydroxylation is 1. The monoisotopic (exact) mass is 407 g/mol. The van der Waals surface area contributed by atoms with Gasteiger partial charge in [-0.1, -0.05) is 19.9 Å². The lowest BCUT2D eigenvalue weighted by Crippen LogP contribution is -2.39. The van der Waals surface area contributed by atoms with Crippen molar-refractivity contribution in [1.82, 2.24) is 10.3 Å². The Balaban J connectivity index is 1.75. The number of hydrogen-bond donors (Lipinski definition) is 2. The molecule has 0 aromatic carbocycles. The van der Waals surface area contributed by atoms with E-state index in [1.807, 2.05) is 36.7 Å². The first kappa shape index (κ1) is 19.6. The molecule has 4 rings (SSSR count). The van der Waals surface area contributed by atoms with Gasteiger partial charge in [-0.3, -0.25) is 9.59 Å². The molecule has 2 aromatic rings. The minimum atomic E-state index is -0.355. The smallest absolute Gasteiger partial charge is 0.255 e. The van der Waals surface area contributed by atoms with Crippen LogP contribution in [0.2, 0.25) is 0 Å². The van der Waals surface area contributed by atoms with Crippen molar-refractivity contribution in [2.45, 2.75) is 46.5 Å². The third-order valence-corrected chi connectivity index (χ3v) is 6.22. The SMILES string of the molecule is CC1=C(C(=O)Nc2ccc(C)cn2)[C@H](c2ccsc2)C2=C(CC(C)(C)CC2=O)N1. The molecule has 6 heteroatoms. The highest BCUT2D eigenvalue weighted by Crippen LogP contribution is 2.47. The van der Waals surface area contributed by atoms with Crippen LogP contribution in [-0.4, -0.2) is 16.7 Å². The molecule has 1 aliphatic heterocycles. The van der Waals surface area contributed by atoms with Crippen molar-refractivity contribution in [2.24, 2.45) is 5.41 Å². The number of ketones is 1. The molecule has 29 heavy (non-hydrogen) atoms. The van der Waals surface area contributed by atoms with Crippen LogP contribution in [0.25, 0.3) is 0 Å². The van der Waals surface area contributed by atoms with E-state index in [2.05, 4.69) is 29.5 Å². The van der Waals surface area contributed by atoms with Gasteiger partial charge in [0.15, 0.2) is 5.78 Å². The minimum absolute atomic E-state index is 0.0893. The summed E-state index contributed by atoms with van der Waals surface area (Å²) < 4.78 is 0. The molecule has 2 aromatic heterocycles. The lowest BCUT2D eigenvalue weighted by molar-refractivity contribution is -0.118. The number of Topliss-reactive ketones (excluding diaryl/α,β-unsaturated/α-hetero) is 1. The highest BCUT2D eigenvalue weighted by atomic mass is 32.1. The number of anilines is 1. The summed E-state index contributed by atoms with van der Waals surface area (Å²) in [4.78, 5) is 30.7. The first-order chi connectivity index (χ1) is 13.7. The molecule has 2 N–H and O–H groups in total. The van der Waals surface area contributed by atoms with E-state index in [9.17, 15) is 9.59 Å². The van der Waals surface area contributed by atoms with Crippen molar-refractivity contribution >= 4 is 28.8 Å². The van der Waals surface area contributed by atoms with Crippen LogP contribution in [0.1, 0.15) is 50.7 Å². The fraction of sp³-hybridized carbons (Fsp3) is 0.348. The van der Waals surface area contributed by atoms with E-state index < -0.39 is 0 Å². The average molecular weight is 408 g/mol. The van der Waals surface area contributed by atoms with E-state index in [4.69, 9.17) is 0 Å². The van der Waals surface area contributed by atoms with Crippen LogP contribution >= 0.6 is 11.3 Å². The van der Waals surface area contributed by atoms with Crippen molar-refractivity contribution in [3.05, 3.63) is 68.8 Å². The van der Waals surface area contributed by atoms with E-state index in [1.165, 1.54) is 0 Å². The molecule has 1 aliphatic carbocycles. The molecule has 0 unspecified atom stereocenters. The van der Waals surface area contributed by atoms with Gasteiger partial charge >= 0.3 is 0 Å². The van der Waals surface area contributed by atoms with Gasteiger partial charge in [0.1, 0.15) is 5.82 Å². The molecular formula is C23H25N3O2S. The van der Waals surface area contributed by atoms with E-state index in [0.29, 0.717) is 17.8 Å². The van der Waals surface area contributed by atoms with Gasteiger partial charge < -0.3 is 10.6 Å². The molecule has 0 spiro atoms. The zero-order valence-electron chi connectivity index (χ0n) is 17.1. The third kappa shape index (κ3) is 3.77. The van der Waals surface area contributed by atoms with Crippen molar-refractivity contribution in [1.29, 1.82) is 0 Å². The second kappa shape index (κ2) is 7.26. The number of thiophene rings is 1. The molecule has 0 fully saturated rings. The second-order valence-corrected chi connectivity index (χ2v) is 9.44. The fourth-order valence-electron chi connectivity index (χ4n) is 4.24. The highest BCUT2D eigenvalue weighted by Gasteiger charge is 2.42. The van der Waals surface area contributed by atoms with Crippen LogP contribution in [0.15, 0.2) is 57.7 Å². The predicted molar refractivity (Wildman–Crippen MR) is 116 cm³/mol. The number of rotatable bonds is 3. The summed E-state index contributed by atoms with van der Waals surface area (Å²) in [5.41, 5.74) is 4.97. The number of amides is 1. The number of dihydropyridines is 1. The van der Waals surface area contributed by atoms with Crippen LogP contribution < -0.4 is 10.6 Å². The molecule has 0 saturated heterocycles. The summed E-state index contributed by atoms with van der Waals surface area (Å²) in [5, 5.41) is 10.3. The third-order valence-electron chi connectivity index (χ3n) is 5.51. The zero-order valence-corrected chi connectivity index (χ0v) is 17.9. The lowest BCUT2D eigenvalue weighted by atomic mass is 9.69. The summed E-state index contributed by atoms with van der Waals surface area (Å²) in [7, 11) is 0. The molecule has 0 bridgehead atoms. The van der Waals surface area contributed by atoms with Crippen molar-refractivity contribution in [2.75, 3.05) is 5.32 Å². The largest absolute Gasteiger partial charge is 0.362 e. The topological polar surface area (TPSA) is 71.1 Å². The normalized spacial score (nSPS) is 21.0. The number of aromatic nitrogens is 1. The minimum Gasteiger partial charge on any atom is -0.362 e. The Morgan fingerprint density at radius 3 is 2.69 bits per heavy atom. The Hall–Kier alpha value is -2.73. The van der Waals surface area contributed by atoms with Crippen LogP contribution in [0.4, 0.5) is 5.82 Å². The zero-order chi connectivity index (χ0) is 20.8. The van der Waals surface area contributed by atoms with Crippen molar-refractivity contribution in [3.63, 3.8) is 0 Å². The van der Waals surface area contributed by atoms with E-state index in [1.54, 1.807) is 23.6 Å². The van der Waals surface area contributed by atoms with E-state index >= 15 is 0 Å². The number of nitrogens with zero attached hydrogens (tertiary/aromatic N) is 1. The molecule has 1 atom stereocenters. The van der Waals surface area contributed by atoms with Crippen LogP contribution in [0.5, 0.6) is 0 Å². The number of nitrogens with one attached hydrogen (secondary N) is 2. The molecule has 1 amide bonds. The maximum absolute atomic E-state index is 13.3. The first-order valence-corrected chi connectivity index (χ1v) is 10.7. The Kier molecular flexibility index (Phi) is 4.90. The van der Waals surface area contributed by atoms with Gasteiger partial charge in [0.25, 0.3) is 5.91 Å². The molecule has 0 saturated carbocycles. The van der Waals surface area contributed by atoms with Crippen LogP contribution in [0, 0.1) is 12.3 Å². The number of allylic oxidation sites excluding steroid dienone is 3. The van der Waals surface area contributed by atoms with Gasteiger partial charge in [-0.15, -0.1) is 0 Å². The highest BCUT2D eigenvalue weighted by molar-refractivity contribution is 7.08. The summed E-state index contributed by atoms with van der Waals surface area (Å²) in [5.74, 6) is 0.0327. The van der Waals surface area contributed by atoms with Crippen LogP contribution in [0.3, 0.4) is 0 Å². The Morgan fingerprint density at radius 1 is 1.24 bits per heavy atom. The molecule has 150 valence electrons. The summed E-state index contributed by atoms with van der Waals surface area (Å²) in [6.07, 6.45) is 3.00. The van der Waals surface area contributed by atoms with Crippen molar-refractivity contribution in [3.8, 4) is 0 Å². The van der Waals surface area contributed by atoms with Gasteiger partial charge in [0.05, 0.1) is 0 Å². The van der Waals surface area contributed by atoms with Gasteiger partial charge in [-0.2, -0.15) is 11.3 Å². The van der Waals surface area contributed by atoms with Gasteiger partial charge in [-0.05, 0) is 59.7 Å². The molecule has 0 radical (unpaired) electrons. The molecule has 2 aliphatic rings. The predicted octanol–water partition coefficient (Wildman–Crippen LogP) is 4.69. The lowest BCUT2D eigenvalue weighted by Gasteiger charge is -2.39. The van der Waals surface area contributed by atoms with E-state index in [0.717, 1.165) is 34.5 Å². The Morgan fingerprint density at radius 2 is 2.03 bits per heavy atom. The van der Waals surface area contributed by atoms with E-state index in [-0.39, 0.29) is 23.0 Å². The number of carbonyl (C=O) groups excluding carboxylic acids is 2. The summed E-state index contributed by atoms with van der Waals surface area (Å²) in [6, 6.07) is 5.70. The standard InChI is InChI=1S/C23H25N3O2S/c1-13-5-6-18(24-11-13)26-22(28)19-14(2)25-16-9-23(3,4)10-17(27)21(16)20(19)15-7-8-29-12-15/h5-8,11-12,20,25H,9-10H2,1-4H3,(H,24,26,28)/t20-/m0/s1. The van der Waals surface area contributed by atoms with Gasteiger partial charge in [0.2, 0.25) is 0 Å². The Labute approximate surface area is 174 Å². The maximum atomic E-state index is 13.3. The fourth-order valence-corrected chi connectivity index (χ4v) is 4.92. The Bertz CT molecular complexity index is 1030. The van der Waals surface area contributed by atoms with Crippen LogP contribution in [-0.2, 0) is 9.59 Å². The van der Waals surface area contributed by atoms with Crippen molar-refractivity contribution < 1.29 is 9.59 Å². The molecular weight excluding hydrogens is 382 g/mol. The number of pyridine rings is 1. The second-order valence-electron chi connectivity index (χ2n) is 8.66. The molecule has 3 heterocycles. The summed E-state index contributed by atoms with van der Waals surface area (Å²) in [6.45, 7) is 8.08. The molecule has 5 nitrogen and oxygen atoms in total. The maximum Gasteiger partial charge on any atom is 0.255 e. The number of hydrogen-bond acceptors (Lipinski definition) is 5.